The van der Waals surface area contributed by atoms with E-state index in [1.165, 1.54) is 7.11 Å². The molecule has 0 unspecified atom stereocenters. The summed E-state index contributed by atoms with van der Waals surface area (Å²) < 4.78 is 11.5. The van der Waals surface area contributed by atoms with Crippen molar-refractivity contribution in [3.05, 3.63) is 75.4 Å². The second-order valence-corrected chi connectivity index (χ2v) is 7.04. The lowest BCUT2D eigenvalue weighted by Gasteiger charge is -2.16. The molecule has 1 aliphatic rings. The Kier molecular flexibility index (Phi) is 6.46. The molecule has 3 rings (SSSR count). The molecule has 2 aromatic carbocycles. The van der Waals surface area contributed by atoms with E-state index in [0.29, 0.717) is 33.5 Å². The zero-order valence-corrected chi connectivity index (χ0v) is 17.1. The lowest BCUT2D eigenvalue weighted by molar-refractivity contribution is -0.115. The maximum Gasteiger partial charge on any atom is 0.326 e. The maximum atomic E-state index is 11.8. The van der Waals surface area contributed by atoms with Crippen molar-refractivity contribution < 1.29 is 19.1 Å². The van der Waals surface area contributed by atoms with Gasteiger partial charge in [-0.2, -0.15) is 0 Å². The molecule has 1 saturated heterocycles. The van der Waals surface area contributed by atoms with Crippen molar-refractivity contribution in [3.8, 4) is 11.5 Å². The maximum absolute atomic E-state index is 11.8. The van der Waals surface area contributed by atoms with Crippen LogP contribution in [0.1, 0.15) is 16.7 Å². The molecular formula is C21H18Cl2N2O4. The molecule has 29 heavy (non-hydrogen) atoms. The van der Waals surface area contributed by atoms with Crippen molar-refractivity contribution in [2.75, 3.05) is 7.11 Å². The lowest BCUT2D eigenvalue weighted by Crippen LogP contribution is -2.22. The Hall–Kier alpha value is -2.96. The molecule has 1 fully saturated rings. The zero-order valence-electron chi connectivity index (χ0n) is 15.6. The second kappa shape index (κ2) is 9.03. The summed E-state index contributed by atoms with van der Waals surface area (Å²) in [5, 5.41) is 5.67. The average molecular weight is 433 g/mol. The number of imide groups is 1. The Morgan fingerprint density at radius 1 is 1.10 bits per heavy atom. The predicted molar refractivity (Wildman–Crippen MR) is 112 cm³/mol. The highest BCUT2D eigenvalue weighted by Crippen LogP contribution is 2.35. The minimum atomic E-state index is -0.556. The van der Waals surface area contributed by atoms with E-state index in [1.54, 1.807) is 36.4 Å². The average Bonchev–Trinajstić information content (AvgIpc) is 2.99. The molecule has 0 aliphatic carbocycles. The Balaban J connectivity index is 1.93. The van der Waals surface area contributed by atoms with Crippen LogP contribution in [0.25, 0.3) is 6.08 Å². The van der Waals surface area contributed by atoms with E-state index in [2.05, 4.69) is 17.2 Å². The number of amides is 3. The van der Waals surface area contributed by atoms with E-state index in [4.69, 9.17) is 32.7 Å². The molecule has 0 saturated carbocycles. The van der Waals surface area contributed by atoms with Crippen LogP contribution < -0.4 is 20.1 Å². The summed E-state index contributed by atoms with van der Waals surface area (Å²) in [4.78, 5) is 23.1. The molecule has 6 nitrogen and oxygen atoms in total. The Morgan fingerprint density at radius 3 is 2.52 bits per heavy atom. The van der Waals surface area contributed by atoms with Crippen molar-refractivity contribution in [1.82, 2.24) is 10.6 Å². The topological polar surface area (TPSA) is 76.7 Å². The van der Waals surface area contributed by atoms with Crippen LogP contribution in [0.4, 0.5) is 4.79 Å². The molecule has 2 aromatic rings. The van der Waals surface area contributed by atoms with Crippen molar-refractivity contribution >= 4 is 41.2 Å². The van der Waals surface area contributed by atoms with Crippen LogP contribution in [0, 0.1) is 0 Å². The van der Waals surface area contributed by atoms with E-state index in [9.17, 15) is 9.59 Å². The van der Waals surface area contributed by atoms with Gasteiger partial charge in [0.1, 0.15) is 12.3 Å². The lowest BCUT2D eigenvalue weighted by atomic mass is 10.0. The van der Waals surface area contributed by atoms with Gasteiger partial charge in [0.05, 0.1) is 7.11 Å². The van der Waals surface area contributed by atoms with E-state index in [1.807, 2.05) is 6.07 Å². The third-order valence-electron chi connectivity index (χ3n) is 4.16. The molecule has 2 N–H and O–H groups in total. The normalized spacial score (nSPS) is 14.5. The summed E-state index contributed by atoms with van der Waals surface area (Å²) in [7, 11) is 1.52. The number of urea groups is 1. The second-order valence-electron chi connectivity index (χ2n) is 6.19. The van der Waals surface area contributed by atoms with Crippen molar-refractivity contribution in [3.63, 3.8) is 0 Å². The first-order valence-corrected chi connectivity index (χ1v) is 9.39. The van der Waals surface area contributed by atoms with Gasteiger partial charge in [0.25, 0.3) is 5.91 Å². The van der Waals surface area contributed by atoms with E-state index in [0.717, 1.165) is 11.1 Å². The molecule has 3 amide bonds. The van der Waals surface area contributed by atoms with E-state index < -0.39 is 11.9 Å². The van der Waals surface area contributed by atoms with Crippen LogP contribution in [0.5, 0.6) is 11.5 Å². The monoisotopic (exact) mass is 432 g/mol. The summed E-state index contributed by atoms with van der Waals surface area (Å²) in [6.07, 6.45) is 3.81. The Morgan fingerprint density at radius 2 is 1.90 bits per heavy atom. The number of hydrogen-bond acceptors (Lipinski definition) is 4. The summed E-state index contributed by atoms with van der Waals surface area (Å²) in [5.41, 5.74) is 2.41. The fraction of sp³-hybridized carbons (Fsp3) is 0.143. The summed E-state index contributed by atoms with van der Waals surface area (Å²) >= 11 is 12.2. The molecule has 0 atom stereocenters. The summed E-state index contributed by atoms with van der Waals surface area (Å²) in [5.74, 6) is 0.531. The molecule has 1 heterocycles. The quantitative estimate of drug-likeness (QED) is 0.383. The third-order valence-corrected chi connectivity index (χ3v) is 4.74. The fourth-order valence-corrected chi connectivity index (χ4v) is 3.29. The van der Waals surface area contributed by atoms with Gasteiger partial charge >= 0.3 is 6.03 Å². The molecule has 0 spiro atoms. The zero-order chi connectivity index (χ0) is 21.0. The number of nitrogens with one attached hydrogen (secondary N) is 2. The van der Waals surface area contributed by atoms with Gasteiger partial charge < -0.3 is 14.8 Å². The fourth-order valence-electron chi connectivity index (χ4n) is 2.83. The summed E-state index contributed by atoms with van der Waals surface area (Å²) in [6.45, 7) is 4.00. The number of hydrogen-bond donors (Lipinski definition) is 2. The van der Waals surface area contributed by atoms with Crippen molar-refractivity contribution in [1.29, 1.82) is 0 Å². The van der Waals surface area contributed by atoms with Gasteiger partial charge in [0.2, 0.25) is 0 Å². The molecule has 0 bridgehead atoms. The molecule has 0 aromatic heterocycles. The molecular weight excluding hydrogens is 415 g/mol. The standard InChI is InChI=1S/C21H18Cl2N2O4/c1-3-4-13-7-12(8-17-20(26)25-21(27)24-17)9-18(28-2)19(13)29-11-14-5-6-15(22)10-16(14)23/h3,5-10H,1,4,11H2,2H3,(H2,24,25,26,27)/b17-8-. The number of halogens is 2. The number of carbonyl (C=O) groups is 2. The van der Waals surface area contributed by atoms with Gasteiger partial charge in [-0.25, -0.2) is 4.79 Å². The van der Waals surface area contributed by atoms with Crippen LogP contribution in [-0.2, 0) is 17.8 Å². The number of carbonyl (C=O) groups excluding carboxylic acids is 2. The number of rotatable bonds is 7. The first kappa shape index (κ1) is 20.8. The van der Waals surface area contributed by atoms with Crippen molar-refractivity contribution in [2.45, 2.75) is 13.0 Å². The van der Waals surface area contributed by atoms with Crippen molar-refractivity contribution in [2.24, 2.45) is 0 Å². The first-order valence-electron chi connectivity index (χ1n) is 8.64. The van der Waals surface area contributed by atoms with Crippen LogP contribution in [-0.4, -0.2) is 19.0 Å². The Bertz CT molecular complexity index is 1020. The smallest absolute Gasteiger partial charge is 0.326 e. The number of methoxy groups -OCH3 is 1. The molecule has 150 valence electrons. The molecule has 8 heteroatoms. The number of benzene rings is 2. The molecule has 1 aliphatic heterocycles. The van der Waals surface area contributed by atoms with Gasteiger partial charge in [-0.15, -0.1) is 6.58 Å². The minimum absolute atomic E-state index is 0.156. The third kappa shape index (κ3) is 4.91. The van der Waals surface area contributed by atoms with Crippen LogP contribution >= 0.6 is 23.2 Å². The Labute approximate surface area is 178 Å². The van der Waals surface area contributed by atoms with E-state index >= 15 is 0 Å². The van der Waals surface area contributed by atoms with Gasteiger partial charge in [-0.3, -0.25) is 10.1 Å². The highest BCUT2D eigenvalue weighted by atomic mass is 35.5. The SMILES string of the molecule is C=CCc1cc(/C=C2\NC(=O)NC2=O)cc(OC)c1OCc1ccc(Cl)cc1Cl. The number of allylic oxidation sites excluding steroid dienone is 1. The summed E-state index contributed by atoms with van der Waals surface area (Å²) in [6, 6.07) is 8.19. The first-order chi connectivity index (χ1) is 13.9. The minimum Gasteiger partial charge on any atom is -0.493 e. The van der Waals surface area contributed by atoms with Gasteiger partial charge in [-0.1, -0.05) is 35.3 Å². The van der Waals surface area contributed by atoms with Gasteiger partial charge in [0.15, 0.2) is 11.5 Å². The predicted octanol–water partition coefficient (Wildman–Crippen LogP) is 4.49. The van der Waals surface area contributed by atoms with E-state index in [-0.39, 0.29) is 12.3 Å². The highest BCUT2D eigenvalue weighted by molar-refractivity contribution is 6.35. The largest absolute Gasteiger partial charge is 0.493 e. The van der Waals surface area contributed by atoms with Gasteiger partial charge in [0, 0.05) is 21.2 Å². The highest BCUT2D eigenvalue weighted by Gasteiger charge is 2.23. The van der Waals surface area contributed by atoms with Gasteiger partial charge in [-0.05, 0) is 42.3 Å². The van der Waals surface area contributed by atoms with Crippen LogP contribution in [0.3, 0.4) is 0 Å². The van der Waals surface area contributed by atoms with Crippen LogP contribution in [0.2, 0.25) is 10.0 Å². The van der Waals surface area contributed by atoms with Crippen LogP contribution in [0.15, 0.2) is 48.7 Å². The number of ether oxygens (including phenoxy) is 2. The molecule has 0 radical (unpaired) electrons.